The van der Waals surface area contributed by atoms with Crippen LogP contribution in [0.3, 0.4) is 0 Å². The van der Waals surface area contributed by atoms with Crippen molar-refractivity contribution in [3.05, 3.63) is 95.5 Å². The summed E-state index contributed by atoms with van der Waals surface area (Å²) in [6.45, 7) is 0. The van der Waals surface area contributed by atoms with Gasteiger partial charge >= 0.3 is 6.18 Å². The molecule has 0 spiro atoms. The first kappa shape index (κ1) is 22.2. The Balaban J connectivity index is 1.71. The molecule has 0 aliphatic carbocycles. The van der Waals surface area contributed by atoms with Crippen LogP contribution in [0.25, 0.3) is 11.3 Å². The maximum atomic E-state index is 13.7. The van der Waals surface area contributed by atoms with Crippen LogP contribution >= 0.6 is 11.6 Å². The summed E-state index contributed by atoms with van der Waals surface area (Å²) >= 11 is 5.92. The number of anilines is 3. The molecular formula is C23H15ClF3N5O. The predicted molar refractivity (Wildman–Crippen MR) is 119 cm³/mol. The first-order valence-corrected chi connectivity index (χ1v) is 9.95. The van der Waals surface area contributed by atoms with E-state index in [4.69, 9.17) is 11.6 Å². The lowest BCUT2D eigenvalue weighted by molar-refractivity contribution is -0.136. The van der Waals surface area contributed by atoms with Gasteiger partial charge in [-0.15, -0.1) is 0 Å². The van der Waals surface area contributed by atoms with Crippen molar-refractivity contribution >= 4 is 34.7 Å². The zero-order valence-corrected chi connectivity index (χ0v) is 17.5. The number of amides is 1. The highest BCUT2D eigenvalue weighted by Crippen LogP contribution is 2.38. The van der Waals surface area contributed by atoms with Gasteiger partial charge in [-0.25, -0.2) is 15.0 Å². The summed E-state index contributed by atoms with van der Waals surface area (Å²) in [6.07, 6.45) is -0.376. The van der Waals surface area contributed by atoms with Crippen LogP contribution in [0.15, 0.2) is 79.4 Å². The molecule has 0 aliphatic rings. The lowest BCUT2D eigenvalue weighted by Crippen LogP contribution is -2.15. The largest absolute Gasteiger partial charge is 0.418 e. The van der Waals surface area contributed by atoms with Gasteiger partial charge in [0.05, 0.1) is 16.9 Å². The van der Waals surface area contributed by atoms with Crippen molar-refractivity contribution in [3.8, 4) is 11.3 Å². The molecule has 166 valence electrons. The van der Waals surface area contributed by atoms with Gasteiger partial charge in [0.25, 0.3) is 5.91 Å². The van der Waals surface area contributed by atoms with Crippen molar-refractivity contribution in [3.63, 3.8) is 0 Å². The van der Waals surface area contributed by atoms with E-state index in [2.05, 4.69) is 25.6 Å². The van der Waals surface area contributed by atoms with Crippen LogP contribution in [-0.4, -0.2) is 20.9 Å². The summed E-state index contributed by atoms with van der Waals surface area (Å²) in [5.74, 6) is -0.444. The minimum atomic E-state index is -4.66. The van der Waals surface area contributed by atoms with Gasteiger partial charge in [-0.2, -0.15) is 13.2 Å². The monoisotopic (exact) mass is 469 g/mol. The Morgan fingerprint density at radius 1 is 0.939 bits per heavy atom. The highest BCUT2D eigenvalue weighted by molar-refractivity contribution is 6.31. The number of rotatable bonds is 5. The normalized spacial score (nSPS) is 11.2. The molecule has 0 radical (unpaired) electrons. The molecule has 0 atom stereocenters. The number of carbonyl (C=O) groups is 1. The SMILES string of the molecule is O=C(Nc1cccc(Cl)c1)c1ccc(C(F)(F)F)c(Nc2ncccc2-c2ccncn2)c1. The summed E-state index contributed by atoms with van der Waals surface area (Å²) in [6, 6.07) is 14.4. The maximum Gasteiger partial charge on any atom is 0.418 e. The van der Waals surface area contributed by atoms with E-state index in [0.717, 1.165) is 18.2 Å². The number of carbonyl (C=O) groups excluding carboxylic acids is 1. The van der Waals surface area contributed by atoms with Gasteiger partial charge < -0.3 is 10.6 Å². The van der Waals surface area contributed by atoms with Crippen LogP contribution in [0.1, 0.15) is 15.9 Å². The Bertz CT molecular complexity index is 1300. The molecule has 0 fully saturated rings. The van der Waals surface area contributed by atoms with E-state index in [1.54, 1.807) is 36.4 Å². The number of alkyl halides is 3. The Morgan fingerprint density at radius 2 is 1.79 bits per heavy atom. The van der Waals surface area contributed by atoms with Crippen LogP contribution in [0.2, 0.25) is 5.02 Å². The Hall–Kier alpha value is -3.98. The molecular weight excluding hydrogens is 455 g/mol. The van der Waals surface area contributed by atoms with E-state index in [0.29, 0.717) is 22.0 Å². The number of hydrogen-bond acceptors (Lipinski definition) is 5. The minimum Gasteiger partial charge on any atom is -0.339 e. The zero-order chi connectivity index (χ0) is 23.4. The molecule has 2 N–H and O–H groups in total. The third kappa shape index (κ3) is 5.27. The number of hydrogen-bond donors (Lipinski definition) is 2. The summed E-state index contributed by atoms with van der Waals surface area (Å²) in [4.78, 5) is 24.8. The Labute approximate surface area is 191 Å². The smallest absolute Gasteiger partial charge is 0.339 e. The quantitative estimate of drug-likeness (QED) is 0.363. The predicted octanol–water partition coefficient (Wildman–Crippen LogP) is 6.21. The van der Waals surface area contributed by atoms with Gasteiger partial charge in [0.2, 0.25) is 0 Å². The van der Waals surface area contributed by atoms with Crippen molar-refractivity contribution in [1.29, 1.82) is 0 Å². The first-order chi connectivity index (χ1) is 15.8. The van der Waals surface area contributed by atoms with Crippen LogP contribution < -0.4 is 10.6 Å². The standard InChI is InChI=1S/C23H15ClF3N5O/c24-15-3-1-4-16(12-15)31-22(33)14-6-7-18(23(25,26)27)20(11-14)32-21-17(5-2-9-29-21)19-8-10-28-13-30-19/h1-13H,(H,29,32)(H,31,33). The van der Waals surface area contributed by atoms with E-state index in [1.807, 2.05) is 0 Å². The number of benzene rings is 2. The fourth-order valence-corrected chi connectivity index (χ4v) is 3.29. The molecule has 4 aromatic rings. The van der Waals surface area contributed by atoms with Gasteiger partial charge in [0.15, 0.2) is 0 Å². The summed E-state index contributed by atoms with van der Waals surface area (Å²) < 4.78 is 41.1. The van der Waals surface area contributed by atoms with E-state index in [9.17, 15) is 18.0 Å². The third-order valence-electron chi connectivity index (χ3n) is 4.59. The summed E-state index contributed by atoms with van der Waals surface area (Å²) in [5, 5.41) is 5.75. The number of nitrogens with zero attached hydrogens (tertiary/aromatic N) is 3. The minimum absolute atomic E-state index is 0.0185. The van der Waals surface area contributed by atoms with Crippen molar-refractivity contribution in [2.24, 2.45) is 0 Å². The fraction of sp³-hybridized carbons (Fsp3) is 0.0435. The second-order valence-electron chi connectivity index (χ2n) is 6.84. The van der Waals surface area contributed by atoms with Crippen LogP contribution in [0.4, 0.5) is 30.4 Å². The molecule has 0 bridgehead atoms. The second-order valence-corrected chi connectivity index (χ2v) is 7.28. The van der Waals surface area contributed by atoms with Gasteiger partial charge in [0, 0.05) is 34.2 Å². The van der Waals surface area contributed by atoms with E-state index in [-0.39, 0.29) is 17.1 Å². The van der Waals surface area contributed by atoms with E-state index >= 15 is 0 Å². The van der Waals surface area contributed by atoms with Crippen LogP contribution in [0.5, 0.6) is 0 Å². The highest BCUT2D eigenvalue weighted by atomic mass is 35.5. The molecule has 0 unspecified atom stereocenters. The number of halogens is 4. The van der Waals surface area contributed by atoms with Crippen molar-refractivity contribution in [2.75, 3.05) is 10.6 Å². The second kappa shape index (κ2) is 9.25. The summed E-state index contributed by atoms with van der Waals surface area (Å²) in [7, 11) is 0. The van der Waals surface area contributed by atoms with E-state index < -0.39 is 17.6 Å². The zero-order valence-electron chi connectivity index (χ0n) is 16.8. The molecule has 6 nitrogen and oxygen atoms in total. The molecule has 1 amide bonds. The molecule has 10 heteroatoms. The van der Waals surface area contributed by atoms with Crippen LogP contribution in [0, 0.1) is 0 Å². The molecule has 2 heterocycles. The van der Waals surface area contributed by atoms with Crippen molar-refractivity contribution in [1.82, 2.24) is 15.0 Å². The molecule has 0 saturated carbocycles. The molecule has 0 aliphatic heterocycles. The lowest BCUT2D eigenvalue weighted by Gasteiger charge is -2.17. The van der Waals surface area contributed by atoms with Gasteiger partial charge in [-0.05, 0) is 54.6 Å². The topological polar surface area (TPSA) is 79.8 Å². The molecule has 0 saturated heterocycles. The van der Waals surface area contributed by atoms with Gasteiger partial charge in [-0.1, -0.05) is 17.7 Å². The molecule has 33 heavy (non-hydrogen) atoms. The van der Waals surface area contributed by atoms with Crippen molar-refractivity contribution in [2.45, 2.75) is 6.18 Å². The first-order valence-electron chi connectivity index (χ1n) is 9.58. The summed E-state index contributed by atoms with van der Waals surface area (Å²) in [5.41, 5.74) is 0.116. The fourth-order valence-electron chi connectivity index (χ4n) is 3.09. The average Bonchev–Trinajstić information content (AvgIpc) is 2.79. The molecule has 2 aromatic carbocycles. The number of pyridine rings is 1. The number of aromatic nitrogens is 3. The Morgan fingerprint density at radius 3 is 2.52 bits per heavy atom. The van der Waals surface area contributed by atoms with Gasteiger partial charge in [-0.3, -0.25) is 4.79 Å². The van der Waals surface area contributed by atoms with Gasteiger partial charge in [0.1, 0.15) is 12.1 Å². The Kier molecular flexibility index (Phi) is 6.23. The lowest BCUT2D eigenvalue weighted by atomic mass is 10.1. The molecule has 2 aromatic heterocycles. The number of nitrogens with one attached hydrogen (secondary N) is 2. The van der Waals surface area contributed by atoms with Crippen molar-refractivity contribution < 1.29 is 18.0 Å². The molecule has 4 rings (SSSR count). The van der Waals surface area contributed by atoms with E-state index in [1.165, 1.54) is 24.8 Å². The average molecular weight is 470 g/mol. The maximum absolute atomic E-state index is 13.7. The highest BCUT2D eigenvalue weighted by Gasteiger charge is 2.34. The third-order valence-corrected chi connectivity index (χ3v) is 4.82. The van der Waals surface area contributed by atoms with Crippen LogP contribution in [-0.2, 0) is 6.18 Å².